The van der Waals surface area contributed by atoms with E-state index in [9.17, 15) is 14.4 Å². The highest BCUT2D eigenvalue weighted by Gasteiger charge is 2.35. The molecule has 1 fully saturated rings. The molecule has 1 aromatic heterocycles. The number of nitrogens with zero attached hydrogens (tertiary/aromatic N) is 1. The zero-order valence-electron chi connectivity index (χ0n) is 8.94. The fourth-order valence-corrected chi connectivity index (χ4v) is 2.08. The summed E-state index contributed by atoms with van der Waals surface area (Å²) in [5, 5.41) is 2.51. The Kier molecular flexibility index (Phi) is 2.88. The minimum atomic E-state index is -0.838. The molecule has 1 saturated heterocycles. The Bertz CT molecular complexity index is 554. The van der Waals surface area contributed by atoms with Crippen molar-refractivity contribution < 1.29 is 9.59 Å². The number of imide groups is 1. The van der Waals surface area contributed by atoms with Gasteiger partial charge in [-0.25, -0.2) is 4.98 Å². The van der Waals surface area contributed by atoms with Gasteiger partial charge in [-0.3, -0.25) is 19.7 Å². The second kappa shape index (κ2) is 4.21. The lowest BCUT2D eigenvalue weighted by Crippen LogP contribution is -2.26. The molecule has 0 bridgehead atoms. The fourth-order valence-electron chi connectivity index (χ4n) is 1.70. The summed E-state index contributed by atoms with van der Waals surface area (Å²) in [7, 11) is 0. The lowest BCUT2D eigenvalue weighted by atomic mass is 9.99. The molecular formula is C9H10N4O3S. The van der Waals surface area contributed by atoms with Crippen molar-refractivity contribution in [2.45, 2.75) is 17.5 Å². The zero-order valence-corrected chi connectivity index (χ0v) is 9.76. The molecule has 2 rings (SSSR count). The van der Waals surface area contributed by atoms with Crippen LogP contribution in [0.5, 0.6) is 0 Å². The number of carbonyl (C=O) groups is 2. The predicted octanol–water partition coefficient (Wildman–Crippen LogP) is -0.796. The smallest absolute Gasteiger partial charge is 0.257 e. The van der Waals surface area contributed by atoms with Gasteiger partial charge in [-0.1, -0.05) is 11.8 Å². The first kappa shape index (κ1) is 11.6. The summed E-state index contributed by atoms with van der Waals surface area (Å²) in [5.41, 5.74) is 5.24. The number of nitrogens with two attached hydrogens (primary N) is 1. The second-order valence-corrected chi connectivity index (χ2v) is 4.34. The number of H-pyrrole nitrogens is 1. The van der Waals surface area contributed by atoms with Gasteiger partial charge in [0.15, 0.2) is 5.16 Å². The van der Waals surface area contributed by atoms with Crippen molar-refractivity contribution in [1.29, 1.82) is 0 Å². The van der Waals surface area contributed by atoms with Crippen molar-refractivity contribution in [2.24, 2.45) is 0 Å². The number of rotatable bonds is 2. The summed E-state index contributed by atoms with van der Waals surface area (Å²) in [6, 6.07) is 0. The van der Waals surface area contributed by atoms with E-state index >= 15 is 0 Å². The highest BCUT2D eigenvalue weighted by atomic mass is 32.2. The van der Waals surface area contributed by atoms with Crippen molar-refractivity contribution in [3.63, 3.8) is 0 Å². The van der Waals surface area contributed by atoms with E-state index in [0.29, 0.717) is 5.16 Å². The molecule has 0 aromatic carbocycles. The lowest BCUT2D eigenvalue weighted by molar-refractivity contribution is -0.125. The molecule has 0 radical (unpaired) electrons. The highest BCUT2D eigenvalue weighted by molar-refractivity contribution is 7.98. The van der Waals surface area contributed by atoms with Gasteiger partial charge in [0.25, 0.3) is 5.56 Å². The number of amides is 2. The maximum absolute atomic E-state index is 11.8. The molecule has 0 aliphatic carbocycles. The van der Waals surface area contributed by atoms with E-state index in [1.165, 1.54) is 11.8 Å². The topological polar surface area (TPSA) is 118 Å². The van der Waals surface area contributed by atoms with Crippen LogP contribution in [0.25, 0.3) is 0 Å². The van der Waals surface area contributed by atoms with Gasteiger partial charge in [-0.05, 0) is 6.26 Å². The molecule has 1 aromatic rings. The summed E-state index contributed by atoms with van der Waals surface area (Å²) in [6.07, 6.45) is 1.68. The van der Waals surface area contributed by atoms with Gasteiger partial charge < -0.3 is 10.7 Å². The molecule has 8 heteroatoms. The minimum absolute atomic E-state index is 0.00653. The van der Waals surface area contributed by atoms with Crippen molar-refractivity contribution in [3.8, 4) is 0 Å². The summed E-state index contributed by atoms with van der Waals surface area (Å²) >= 11 is 1.24. The van der Waals surface area contributed by atoms with Gasteiger partial charge in [0, 0.05) is 6.42 Å². The molecule has 90 valence electrons. The third kappa shape index (κ3) is 2.03. The van der Waals surface area contributed by atoms with Gasteiger partial charge in [-0.2, -0.15) is 0 Å². The predicted molar refractivity (Wildman–Crippen MR) is 61.6 cm³/mol. The quantitative estimate of drug-likeness (QED) is 0.361. The Hall–Kier alpha value is -1.83. The molecule has 17 heavy (non-hydrogen) atoms. The van der Waals surface area contributed by atoms with Gasteiger partial charge in [0.2, 0.25) is 11.8 Å². The van der Waals surface area contributed by atoms with Crippen molar-refractivity contribution in [1.82, 2.24) is 15.3 Å². The normalized spacial score (nSPS) is 19.5. The summed E-state index contributed by atoms with van der Waals surface area (Å²) in [5.74, 6) is -1.76. The third-order valence-electron chi connectivity index (χ3n) is 2.47. The molecule has 2 heterocycles. The van der Waals surface area contributed by atoms with Gasteiger partial charge in [-0.15, -0.1) is 0 Å². The number of thioether (sulfide) groups is 1. The fraction of sp³-hybridized carbons (Fsp3) is 0.333. The molecule has 1 unspecified atom stereocenters. The summed E-state index contributed by atoms with van der Waals surface area (Å²) in [4.78, 5) is 40.8. The number of anilines is 1. The molecule has 1 atom stereocenters. The number of nitrogens with one attached hydrogen (secondary N) is 2. The van der Waals surface area contributed by atoms with Crippen LogP contribution in [0.1, 0.15) is 17.9 Å². The number of hydrogen-bond acceptors (Lipinski definition) is 6. The van der Waals surface area contributed by atoms with Gasteiger partial charge in [0.1, 0.15) is 5.82 Å². The van der Waals surface area contributed by atoms with E-state index in [0.717, 1.165) is 0 Å². The molecule has 4 N–H and O–H groups in total. The Morgan fingerprint density at radius 1 is 1.41 bits per heavy atom. The number of nitrogen functional groups attached to an aromatic ring is 1. The summed E-state index contributed by atoms with van der Waals surface area (Å²) in [6.45, 7) is 0. The van der Waals surface area contributed by atoms with Crippen LogP contribution in [-0.4, -0.2) is 28.0 Å². The van der Waals surface area contributed by atoms with Crippen LogP contribution in [0.3, 0.4) is 0 Å². The van der Waals surface area contributed by atoms with E-state index < -0.39 is 23.3 Å². The average molecular weight is 254 g/mol. The van der Waals surface area contributed by atoms with Crippen LogP contribution < -0.4 is 16.6 Å². The van der Waals surface area contributed by atoms with Crippen LogP contribution in [0.4, 0.5) is 5.82 Å². The van der Waals surface area contributed by atoms with Crippen LogP contribution in [0.15, 0.2) is 9.95 Å². The van der Waals surface area contributed by atoms with E-state index in [4.69, 9.17) is 5.73 Å². The van der Waals surface area contributed by atoms with Crippen LogP contribution in [-0.2, 0) is 9.59 Å². The number of carbonyl (C=O) groups excluding carboxylic acids is 2. The minimum Gasteiger partial charge on any atom is -0.383 e. The summed E-state index contributed by atoms with van der Waals surface area (Å²) < 4.78 is 0. The van der Waals surface area contributed by atoms with Crippen molar-refractivity contribution >= 4 is 29.4 Å². The van der Waals surface area contributed by atoms with Crippen molar-refractivity contribution in [3.05, 3.63) is 15.9 Å². The van der Waals surface area contributed by atoms with Gasteiger partial charge >= 0.3 is 0 Å². The molecule has 1 aliphatic rings. The third-order valence-corrected chi connectivity index (χ3v) is 3.05. The van der Waals surface area contributed by atoms with E-state index in [1.54, 1.807) is 6.26 Å². The van der Waals surface area contributed by atoms with E-state index in [2.05, 4.69) is 15.3 Å². The maximum atomic E-state index is 11.8. The Balaban J connectivity index is 2.50. The molecule has 2 amide bonds. The number of aromatic amines is 1. The highest BCUT2D eigenvalue weighted by Crippen LogP contribution is 2.25. The Morgan fingerprint density at radius 3 is 2.59 bits per heavy atom. The standard InChI is InChI=1S/C9H10N4O3S/c1-17-9-12-6(10)5(8(16)13-9)3-2-4(14)11-7(3)15/h3H,2H2,1H3,(H,11,14,15)(H3,10,12,13,16). The monoisotopic (exact) mass is 254 g/mol. The van der Waals surface area contributed by atoms with Crippen molar-refractivity contribution in [2.75, 3.05) is 12.0 Å². The van der Waals surface area contributed by atoms with Crippen LogP contribution in [0, 0.1) is 0 Å². The average Bonchev–Trinajstić information content (AvgIpc) is 2.57. The second-order valence-electron chi connectivity index (χ2n) is 3.54. The first-order valence-corrected chi connectivity index (χ1v) is 6.02. The zero-order chi connectivity index (χ0) is 12.6. The van der Waals surface area contributed by atoms with Crippen LogP contribution in [0.2, 0.25) is 0 Å². The Labute approximate surface area is 100 Å². The number of hydrogen-bond donors (Lipinski definition) is 3. The van der Waals surface area contributed by atoms with Crippen LogP contribution >= 0.6 is 11.8 Å². The maximum Gasteiger partial charge on any atom is 0.257 e. The molecule has 0 saturated carbocycles. The lowest BCUT2D eigenvalue weighted by Gasteiger charge is -2.08. The van der Waals surface area contributed by atoms with E-state index in [1.807, 2.05) is 0 Å². The van der Waals surface area contributed by atoms with Gasteiger partial charge in [0.05, 0.1) is 11.5 Å². The first-order valence-electron chi connectivity index (χ1n) is 4.80. The molecule has 1 aliphatic heterocycles. The SMILES string of the molecule is CSc1nc(N)c(C2CC(=O)NC2=O)c(=O)[nH]1. The number of aromatic nitrogens is 2. The molecule has 7 nitrogen and oxygen atoms in total. The molecule has 0 spiro atoms. The largest absolute Gasteiger partial charge is 0.383 e. The Morgan fingerprint density at radius 2 is 2.12 bits per heavy atom. The molecular weight excluding hydrogens is 244 g/mol. The van der Waals surface area contributed by atoms with E-state index in [-0.39, 0.29) is 17.8 Å². The first-order chi connectivity index (χ1) is 8.02.